The fourth-order valence-corrected chi connectivity index (χ4v) is 2.31. The highest BCUT2D eigenvalue weighted by atomic mass is 79.9. The summed E-state index contributed by atoms with van der Waals surface area (Å²) in [5, 5.41) is 0.820. The number of hydrogen-bond donors (Lipinski definition) is 0. The highest BCUT2D eigenvalue weighted by Gasteiger charge is 2.23. The van der Waals surface area contributed by atoms with Crippen LogP contribution in [0.4, 0.5) is 5.95 Å². The molecule has 88 valence electrons. The Morgan fingerprint density at radius 1 is 1.31 bits per heavy atom. The number of rotatable bonds is 2. The first-order valence-corrected chi connectivity index (χ1v) is 6.94. The van der Waals surface area contributed by atoms with E-state index in [-0.39, 0.29) is 0 Å². The standard InChI is InChI=1S/C12H18BrN3/c1-9-3-4-16(8-10(9)2)12-14-6-11(5-13)7-15-12/h6-7,9-10H,3-5,8H2,1-2H3. The molecule has 0 saturated carbocycles. The molecule has 0 aromatic carbocycles. The summed E-state index contributed by atoms with van der Waals surface area (Å²) in [5.74, 6) is 2.43. The summed E-state index contributed by atoms with van der Waals surface area (Å²) >= 11 is 3.40. The lowest BCUT2D eigenvalue weighted by Gasteiger charge is -2.35. The Labute approximate surface area is 105 Å². The van der Waals surface area contributed by atoms with E-state index >= 15 is 0 Å². The van der Waals surface area contributed by atoms with Crippen molar-refractivity contribution in [2.24, 2.45) is 11.8 Å². The quantitative estimate of drug-likeness (QED) is 0.782. The van der Waals surface area contributed by atoms with Crippen LogP contribution in [0.25, 0.3) is 0 Å². The molecule has 1 aromatic rings. The van der Waals surface area contributed by atoms with E-state index in [1.807, 2.05) is 12.4 Å². The van der Waals surface area contributed by atoms with Crippen LogP contribution >= 0.6 is 15.9 Å². The second kappa shape index (κ2) is 5.13. The fraction of sp³-hybridized carbons (Fsp3) is 0.667. The number of alkyl halides is 1. The van der Waals surface area contributed by atoms with E-state index in [4.69, 9.17) is 0 Å². The van der Waals surface area contributed by atoms with Crippen molar-refractivity contribution in [3.63, 3.8) is 0 Å². The van der Waals surface area contributed by atoms with Gasteiger partial charge in [-0.3, -0.25) is 0 Å². The number of aromatic nitrogens is 2. The minimum atomic E-state index is 0.730. The molecule has 0 bridgehead atoms. The molecule has 16 heavy (non-hydrogen) atoms. The highest BCUT2D eigenvalue weighted by Crippen LogP contribution is 2.24. The summed E-state index contributed by atoms with van der Waals surface area (Å²) in [5.41, 5.74) is 1.13. The molecule has 0 radical (unpaired) electrons. The van der Waals surface area contributed by atoms with Crippen LogP contribution in [0.5, 0.6) is 0 Å². The number of piperidine rings is 1. The molecule has 0 N–H and O–H groups in total. The van der Waals surface area contributed by atoms with Crippen LogP contribution in [0, 0.1) is 11.8 Å². The average Bonchev–Trinajstić information content (AvgIpc) is 2.33. The van der Waals surface area contributed by atoms with Crippen LogP contribution < -0.4 is 4.90 Å². The van der Waals surface area contributed by atoms with E-state index in [2.05, 4.69) is 44.6 Å². The zero-order valence-corrected chi connectivity index (χ0v) is 11.4. The molecule has 3 nitrogen and oxygen atoms in total. The zero-order valence-electron chi connectivity index (χ0n) is 9.86. The molecule has 1 aliphatic heterocycles. The molecule has 0 amide bonds. The summed E-state index contributed by atoms with van der Waals surface area (Å²) < 4.78 is 0. The van der Waals surface area contributed by atoms with E-state index in [0.717, 1.165) is 41.8 Å². The molecule has 1 fully saturated rings. The molecule has 2 rings (SSSR count). The fourth-order valence-electron chi connectivity index (χ4n) is 2.02. The predicted octanol–water partition coefficient (Wildman–Crippen LogP) is 2.85. The van der Waals surface area contributed by atoms with Gasteiger partial charge in [0, 0.05) is 30.8 Å². The first-order chi connectivity index (χ1) is 7.70. The van der Waals surface area contributed by atoms with Crippen molar-refractivity contribution in [1.29, 1.82) is 0 Å². The van der Waals surface area contributed by atoms with E-state index < -0.39 is 0 Å². The summed E-state index contributed by atoms with van der Waals surface area (Å²) in [6.45, 7) is 6.80. The highest BCUT2D eigenvalue weighted by molar-refractivity contribution is 9.08. The minimum absolute atomic E-state index is 0.730. The molecular weight excluding hydrogens is 266 g/mol. The van der Waals surface area contributed by atoms with E-state index in [0.29, 0.717) is 0 Å². The summed E-state index contributed by atoms with van der Waals surface area (Å²) in [6, 6.07) is 0. The number of anilines is 1. The van der Waals surface area contributed by atoms with Gasteiger partial charge in [-0.1, -0.05) is 29.8 Å². The average molecular weight is 284 g/mol. The molecule has 2 heterocycles. The van der Waals surface area contributed by atoms with Gasteiger partial charge in [-0.25, -0.2) is 9.97 Å². The van der Waals surface area contributed by atoms with Crippen LogP contribution in [0.1, 0.15) is 25.8 Å². The first kappa shape index (κ1) is 11.8. The van der Waals surface area contributed by atoms with E-state index in [1.54, 1.807) is 0 Å². The first-order valence-electron chi connectivity index (χ1n) is 5.82. The minimum Gasteiger partial charge on any atom is -0.341 e. The monoisotopic (exact) mass is 283 g/mol. The van der Waals surface area contributed by atoms with Crippen molar-refractivity contribution in [2.45, 2.75) is 25.6 Å². The van der Waals surface area contributed by atoms with Crippen molar-refractivity contribution in [3.05, 3.63) is 18.0 Å². The Morgan fingerprint density at radius 3 is 2.56 bits per heavy atom. The maximum Gasteiger partial charge on any atom is 0.225 e. The second-order valence-corrected chi connectivity index (χ2v) is 5.27. The molecule has 2 atom stereocenters. The third-order valence-corrected chi connectivity index (χ3v) is 4.11. The molecule has 4 heteroatoms. The Morgan fingerprint density at radius 2 is 2.00 bits per heavy atom. The Bertz CT molecular complexity index is 339. The molecule has 1 aliphatic rings. The largest absolute Gasteiger partial charge is 0.341 e. The lowest BCUT2D eigenvalue weighted by Crippen LogP contribution is -2.39. The van der Waals surface area contributed by atoms with Gasteiger partial charge in [-0.2, -0.15) is 0 Å². The zero-order chi connectivity index (χ0) is 11.5. The summed E-state index contributed by atoms with van der Waals surface area (Å²) in [6.07, 6.45) is 5.05. The third kappa shape index (κ3) is 2.54. The van der Waals surface area contributed by atoms with Crippen LogP contribution in [-0.2, 0) is 5.33 Å². The second-order valence-electron chi connectivity index (χ2n) is 4.71. The van der Waals surface area contributed by atoms with Crippen molar-refractivity contribution >= 4 is 21.9 Å². The molecule has 2 unspecified atom stereocenters. The van der Waals surface area contributed by atoms with Crippen molar-refractivity contribution < 1.29 is 0 Å². The molecule has 1 aromatic heterocycles. The summed E-state index contributed by atoms with van der Waals surface area (Å²) in [7, 11) is 0. The van der Waals surface area contributed by atoms with Crippen molar-refractivity contribution in [2.75, 3.05) is 18.0 Å². The number of halogens is 1. The van der Waals surface area contributed by atoms with Gasteiger partial charge < -0.3 is 4.90 Å². The van der Waals surface area contributed by atoms with Gasteiger partial charge in [-0.05, 0) is 23.8 Å². The van der Waals surface area contributed by atoms with Gasteiger partial charge in [0.15, 0.2) is 0 Å². The van der Waals surface area contributed by atoms with Crippen LogP contribution in [0.3, 0.4) is 0 Å². The molecule has 0 aliphatic carbocycles. The normalized spacial score (nSPS) is 25.8. The van der Waals surface area contributed by atoms with Crippen molar-refractivity contribution in [1.82, 2.24) is 9.97 Å². The topological polar surface area (TPSA) is 29.0 Å². The summed E-state index contributed by atoms with van der Waals surface area (Å²) in [4.78, 5) is 11.1. The lowest BCUT2D eigenvalue weighted by molar-refractivity contribution is 0.321. The molecule has 1 saturated heterocycles. The smallest absolute Gasteiger partial charge is 0.225 e. The lowest BCUT2D eigenvalue weighted by atomic mass is 9.89. The van der Waals surface area contributed by atoms with E-state index in [9.17, 15) is 0 Å². The van der Waals surface area contributed by atoms with Crippen LogP contribution in [-0.4, -0.2) is 23.1 Å². The van der Waals surface area contributed by atoms with Gasteiger partial charge in [0.1, 0.15) is 0 Å². The number of hydrogen-bond acceptors (Lipinski definition) is 3. The SMILES string of the molecule is CC1CCN(c2ncc(CBr)cn2)CC1C. The van der Waals surface area contributed by atoms with Crippen LogP contribution in [0.2, 0.25) is 0 Å². The van der Waals surface area contributed by atoms with E-state index in [1.165, 1.54) is 6.42 Å². The Balaban J connectivity index is 2.06. The maximum atomic E-state index is 4.42. The molecular formula is C12H18BrN3. The van der Waals surface area contributed by atoms with Gasteiger partial charge in [0.25, 0.3) is 0 Å². The Hall–Kier alpha value is -0.640. The van der Waals surface area contributed by atoms with Gasteiger partial charge in [0.2, 0.25) is 5.95 Å². The van der Waals surface area contributed by atoms with Gasteiger partial charge >= 0.3 is 0 Å². The predicted molar refractivity (Wildman–Crippen MR) is 69.8 cm³/mol. The van der Waals surface area contributed by atoms with Crippen LogP contribution in [0.15, 0.2) is 12.4 Å². The maximum absolute atomic E-state index is 4.42. The number of nitrogens with zero attached hydrogens (tertiary/aromatic N) is 3. The molecule has 0 spiro atoms. The van der Waals surface area contributed by atoms with Gasteiger partial charge in [-0.15, -0.1) is 0 Å². The van der Waals surface area contributed by atoms with Gasteiger partial charge in [0.05, 0.1) is 0 Å². The third-order valence-electron chi connectivity index (χ3n) is 3.46. The van der Waals surface area contributed by atoms with Crippen molar-refractivity contribution in [3.8, 4) is 0 Å². The Kier molecular flexibility index (Phi) is 3.79.